The number of nitrogens with one attached hydrogen (secondary N) is 2. The van der Waals surface area contributed by atoms with E-state index in [1.54, 1.807) is 26.8 Å². The fourth-order valence-electron chi connectivity index (χ4n) is 1.81. The first-order valence-corrected chi connectivity index (χ1v) is 7.57. The second-order valence-electron chi connectivity index (χ2n) is 6.47. The number of amides is 2. The molecule has 0 spiro atoms. The number of rotatable bonds is 5. The van der Waals surface area contributed by atoms with Gasteiger partial charge in [-0.05, 0) is 39.8 Å². The van der Waals surface area contributed by atoms with Crippen LogP contribution < -0.4 is 10.6 Å². The van der Waals surface area contributed by atoms with Crippen LogP contribution in [-0.2, 0) is 4.79 Å². The lowest BCUT2D eigenvalue weighted by Crippen LogP contribution is -2.61. The molecule has 1 rings (SSSR count). The SMILES string of the molecule is CC(C)(C)NC(=O)C(C)(CCl)NC(=O)c1ccccc1C(=O)O. The average molecular weight is 341 g/mol. The first-order chi connectivity index (χ1) is 10.5. The highest BCUT2D eigenvalue weighted by Gasteiger charge is 2.36. The molecule has 0 aliphatic carbocycles. The number of carbonyl (C=O) groups is 3. The van der Waals surface area contributed by atoms with Crippen molar-refractivity contribution in [3.63, 3.8) is 0 Å². The van der Waals surface area contributed by atoms with Gasteiger partial charge in [-0.3, -0.25) is 9.59 Å². The summed E-state index contributed by atoms with van der Waals surface area (Å²) in [6.45, 7) is 6.91. The van der Waals surface area contributed by atoms with E-state index >= 15 is 0 Å². The van der Waals surface area contributed by atoms with Crippen molar-refractivity contribution in [1.82, 2.24) is 10.6 Å². The second kappa shape index (κ2) is 7.00. The van der Waals surface area contributed by atoms with Crippen LogP contribution in [0.4, 0.5) is 0 Å². The molecule has 0 fully saturated rings. The minimum Gasteiger partial charge on any atom is -0.478 e. The van der Waals surface area contributed by atoms with Gasteiger partial charge in [-0.2, -0.15) is 0 Å². The molecular formula is C16H21ClN2O4. The smallest absolute Gasteiger partial charge is 0.336 e. The Morgan fingerprint density at radius 3 is 2.00 bits per heavy atom. The summed E-state index contributed by atoms with van der Waals surface area (Å²) >= 11 is 5.87. The van der Waals surface area contributed by atoms with Crippen molar-refractivity contribution < 1.29 is 19.5 Å². The van der Waals surface area contributed by atoms with Gasteiger partial charge in [-0.1, -0.05) is 12.1 Å². The molecule has 0 aromatic heterocycles. The summed E-state index contributed by atoms with van der Waals surface area (Å²) in [4.78, 5) is 36.0. The van der Waals surface area contributed by atoms with Gasteiger partial charge in [0.05, 0.1) is 17.0 Å². The molecule has 23 heavy (non-hydrogen) atoms. The number of aromatic carboxylic acids is 1. The van der Waals surface area contributed by atoms with Crippen molar-refractivity contribution in [2.75, 3.05) is 5.88 Å². The number of hydrogen-bond donors (Lipinski definition) is 3. The molecular weight excluding hydrogens is 320 g/mol. The molecule has 0 bridgehead atoms. The third kappa shape index (κ3) is 4.96. The number of carboxylic acids is 1. The van der Waals surface area contributed by atoms with Crippen molar-refractivity contribution in [2.45, 2.75) is 38.8 Å². The number of halogens is 1. The minimum absolute atomic E-state index is 0.0279. The van der Waals surface area contributed by atoms with E-state index in [0.717, 1.165) is 0 Å². The Morgan fingerprint density at radius 2 is 1.57 bits per heavy atom. The van der Waals surface area contributed by atoms with Crippen LogP contribution in [0.1, 0.15) is 48.4 Å². The van der Waals surface area contributed by atoms with Gasteiger partial charge >= 0.3 is 5.97 Å². The van der Waals surface area contributed by atoms with Crippen LogP contribution >= 0.6 is 11.6 Å². The predicted molar refractivity (Wildman–Crippen MR) is 87.9 cm³/mol. The highest BCUT2D eigenvalue weighted by molar-refractivity contribution is 6.21. The zero-order chi connectivity index (χ0) is 17.8. The highest BCUT2D eigenvalue weighted by Crippen LogP contribution is 2.14. The summed E-state index contributed by atoms with van der Waals surface area (Å²) in [5.74, 6) is -2.49. The van der Waals surface area contributed by atoms with Crippen LogP contribution in [0.15, 0.2) is 24.3 Å². The van der Waals surface area contributed by atoms with Gasteiger partial charge in [-0.15, -0.1) is 11.6 Å². The molecule has 0 aliphatic rings. The monoisotopic (exact) mass is 340 g/mol. The molecule has 1 unspecified atom stereocenters. The molecule has 0 saturated carbocycles. The van der Waals surface area contributed by atoms with Crippen molar-refractivity contribution in [3.05, 3.63) is 35.4 Å². The highest BCUT2D eigenvalue weighted by atomic mass is 35.5. The lowest BCUT2D eigenvalue weighted by Gasteiger charge is -2.31. The third-order valence-electron chi connectivity index (χ3n) is 3.05. The van der Waals surface area contributed by atoms with Crippen molar-refractivity contribution in [2.24, 2.45) is 0 Å². The molecule has 0 aliphatic heterocycles. The van der Waals surface area contributed by atoms with Gasteiger partial charge < -0.3 is 15.7 Å². The van der Waals surface area contributed by atoms with Crippen LogP contribution in [-0.4, -0.2) is 39.8 Å². The van der Waals surface area contributed by atoms with Crippen LogP contribution in [0.5, 0.6) is 0 Å². The van der Waals surface area contributed by atoms with E-state index in [0.29, 0.717) is 0 Å². The Hall–Kier alpha value is -2.08. The molecule has 0 heterocycles. The quantitative estimate of drug-likeness (QED) is 0.715. The second-order valence-corrected chi connectivity index (χ2v) is 6.74. The first-order valence-electron chi connectivity index (χ1n) is 7.03. The van der Waals surface area contributed by atoms with E-state index in [1.807, 2.05) is 0 Å². The van der Waals surface area contributed by atoms with Gasteiger partial charge in [0.25, 0.3) is 5.91 Å². The molecule has 3 N–H and O–H groups in total. The zero-order valence-corrected chi connectivity index (χ0v) is 14.3. The zero-order valence-electron chi connectivity index (χ0n) is 13.6. The average Bonchev–Trinajstić information content (AvgIpc) is 2.45. The van der Waals surface area contributed by atoms with Gasteiger partial charge in [0.1, 0.15) is 5.54 Å². The fraction of sp³-hybridized carbons (Fsp3) is 0.438. The molecule has 126 valence electrons. The van der Waals surface area contributed by atoms with Gasteiger partial charge in [0.15, 0.2) is 0 Å². The molecule has 1 atom stereocenters. The van der Waals surface area contributed by atoms with Crippen molar-refractivity contribution in [3.8, 4) is 0 Å². The summed E-state index contributed by atoms with van der Waals surface area (Å²) in [7, 11) is 0. The Balaban J connectivity index is 3.06. The minimum atomic E-state index is -1.36. The van der Waals surface area contributed by atoms with E-state index in [2.05, 4.69) is 10.6 Å². The lowest BCUT2D eigenvalue weighted by atomic mass is 9.99. The van der Waals surface area contributed by atoms with Crippen LogP contribution in [0, 0.1) is 0 Å². The van der Waals surface area contributed by atoms with Crippen LogP contribution in [0.25, 0.3) is 0 Å². The largest absolute Gasteiger partial charge is 0.478 e. The molecule has 6 nitrogen and oxygen atoms in total. The normalized spacial score (nSPS) is 13.8. The molecule has 2 amide bonds. The van der Waals surface area contributed by atoms with E-state index in [1.165, 1.54) is 25.1 Å². The molecule has 0 radical (unpaired) electrons. The first kappa shape index (κ1) is 19.0. The standard InChI is InChI=1S/C16H21ClN2O4/c1-15(2,3)19-14(23)16(4,9-17)18-12(20)10-7-5-6-8-11(10)13(21)22/h5-8H,9H2,1-4H3,(H,18,20)(H,19,23)(H,21,22). The summed E-state index contributed by atoms with van der Waals surface area (Å²) in [6, 6.07) is 5.78. The van der Waals surface area contributed by atoms with E-state index in [-0.39, 0.29) is 17.0 Å². The predicted octanol–water partition coefficient (Wildman–Crippen LogP) is 2.03. The summed E-state index contributed by atoms with van der Waals surface area (Å²) in [5, 5.41) is 14.4. The number of carbonyl (C=O) groups excluding carboxylic acids is 2. The Labute approximate surface area is 140 Å². The summed E-state index contributed by atoms with van der Waals surface area (Å²) < 4.78 is 0. The maximum absolute atomic E-state index is 12.4. The topological polar surface area (TPSA) is 95.5 Å². The molecule has 7 heteroatoms. The number of hydrogen-bond acceptors (Lipinski definition) is 3. The Kier molecular flexibility index (Phi) is 5.77. The summed E-state index contributed by atoms with van der Waals surface area (Å²) in [6.07, 6.45) is 0. The fourth-order valence-corrected chi connectivity index (χ4v) is 2.00. The molecule has 0 saturated heterocycles. The number of benzene rings is 1. The van der Waals surface area contributed by atoms with Crippen LogP contribution in [0.3, 0.4) is 0 Å². The van der Waals surface area contributed by atoms with E-state index in [4.69, 9.17) is 16.7 Å². The van der Waals surface area contributed by atoms with Crippen LogP contribution in [0.2, 0.25) is 0 Å². The van der Waals surface area contributed by atoms with E-state index in [9.17, 15) is 14.4 Å². The van der Waals surface area contributed by atoms with Gasteiger partial charge in [0, 0.05) is 5.54 Å². The summed E-state index contributed by atoms with van der Waals surface area (Å²) in [5.41, 5.74) is -2.02. The van der Waals surface area contributed by atoms with Gasteiger partial charge in [-0.25, -0.2) is 4.79 Å². The van der Waals surface area contributed by atoms with E-state index < -0.39 is 28.9 Å². The number of alkyl halides is 1. The Bertz CT molecular complexity index is 625. The lowest BCUT2D eigenvalue weighted by molar-refractivity contribution is -0.127. The van der Waals surface area contributed by atoms with Crippen molar-refractivity contribution in [1.29, 1.82) is 0 Å². The third-order valence-corrected chi connectivity index (χ3v) is 3.58. The van der Waals surface area contributed by atoms with Crippen molar-refractivity contribution >= 4 is 29.4 Å². The maximum Gasteiger partial charge on any atom is 0.336 e. The van der Waals surface area contributed by atoms with Gasteiger partial charge in [0.2, 0.25) is 5.91 Å². The molecule has 1 aromatic rings. The number of carboxylic acid groups (broad SMARTS) is 1. The maximum atomic E-state index is 12.4. The Morgan fingerprint density at radius 1 is 1.04 bits per heavy atom. The molecule has 1 aromatic carbocycles.